The predicted molar refractivity (Wildman–Crippen MR) is 94.8 cm³/mol. The molecule has 1 aliphatic carbocycles. The van der Waals surface area contributed by atoms with Crippen LogP contribution >= 0.6 is 0 Å². The van der Waals surface area contributed by atoms with Crippen molar-refractivity contribution in [3.63, 3.8) is 0 Å². The standard InChI is InChI=1S/C21H18N2O/c24-21(23-19-13-17-5-1-2-6-18(17)14-19)16-10-8-15(9-11-16)20-7-3-4-12-22-20/h1-12,19H,13-14H2,(H,23,24). The van der Waals surface area contributed by atoms with Crippen LogP contribution in [0.25, 0.3) is 11.3 Å². The van der Waals surface area contributed by atoms with Crippen molar-refractivity contribution in [2.75, 3.05) is 0 Å². The summed E-state index contributed by atoms with van der Waals surface area (Å²) in [4.78, 5) is 16.8. The van der Waals surface area contributed by atoms with E-state index in [0.29, 0.717) is 5.56 Å². The fourth-order valence-corrected chi connectivity index (χ4v) is 3.26. The number of benzene rings is 2. The fourth-order valence-electron chi connectivity index (χ4n) is 3.26. The molecule has 4 rings (SSSR count). The molecule has 0 fully saturated rings. The van der Waals surface area contributed by atoms with Crippen molar-refractivity contribution < 1.29 is 4.79 Å². The van der Waals surface area contributed by atoms with Crippen LogP contribution in [-0.2, 0) is 12.8 Å². The molecule has 0 bridgehead atoms. The molecule has 0 unspecified atom stereocenters. The monoisotopic (exact) mass is 314 g/mol. The van der Waals surface area contributed by atoms with E-state index in [0.717, 1.165) is 24.1 Å². The first-order chi connectivity index (χ1) is 11.8. The van der Waals surface area contributed by atoms with Gasteiger partial charge in [-0.3, -0.25) is 9.78 Å². The lowest BCUT2D eigenvalue weighted by molar-refractivity contribution is 0.0938. The molecule has 2 aromatic carbocycles. The second-order valence-corrected chi connectivity index (χ2v) is 6.14. The number of aromatic nitrogens is 1. The van der Waals surface area contributed by atoms with Gasteiger partial charge in [0.05, 0.1) is 5.69 Å². The number of rotatable bonds is 3. The molecule has 0 atom stereocenters. The smallest absolute Gasteiger partial charge is 0.251 e. The maximum absolute atomic E-state index is 12.5. The molecule has 0 aliphatic heterocycles. The number of nitrogens with zero attached hydrogens (tertiary/aromatic N) is 1. The average Bonchev–Trinajstić information content (AvgIpc) is 3.05. The molecule has 1 amide bonds. The highest BCUT2D eigenvalue weighted by Crippen LogP contribution is 2.22. The fraction of sp³-hybridized carbons (Fsp3) is 0.143. The number of carbonyl (C=O) groups is 1. The Balaban J connectivity index is 1.44. The van der Waals surface area contributed by atoms with Gasteiger partial charge in [-0.2, -0.15) is 0 Å². The SMILES string of the molecule is O=C(NC1Cc2ccccc2C1)c1ccc(-c2ccccn2)cc1. The summed E-state index contributed by atoms with van der Waals surface area (Å²) in [5.74, 6) is -0.0135. The van der Waals surface area contributed by atoms with E-state index in [1.165, 1.54) is 11.1 Å². The van der Waals surface area contributed by atoms with E-state index in [2.05, 4.69) is 34.6 Å². The summed E-state index contributed by atoms with van der Waals surface area (Å²) in [7, 11) is 0. The van der Waals surface area contributed by atoms with E-state index in [1.54, 1.807) is 6.20 Å². The zero-order valence-corrected chi connectivity index (χ0v) is 13.3. The van der Waals surface area contributed by atoms with Gasteiger partial charge in [0.15, 0.2) is 0 Å². The van der Waals surface area contributed by atoms with Crippen molar-refractivity contribution in [1.82, 2.24) is 10.3 Å². The summed E-state index contributed by atoms with van der Waals surface area (Å²) in [6.07, 6.45) is 3.59. The number of hydrogen-bond acceptors (Lipinski definition) is 2. The maximum Gasteiger partial charge on any atom is 0.251 e. The molecule has 0 spiro atoms. The van der Waals surface area contributed by atoms with Crippen LogP contribution in [0.1, 0.15) is 21.5 Å². The van der Waals surface area contributed by atoms with Gasteiger partial charge < -0.3 is 5.32 Å². The van der Waals surface area contributed by atoms with Gasteiger partial charge in [0.2, 0.25) is 0 Å². The van der Waals surface area contributed by atoms with Gasteiger partial charge in [0.25, 0.3) is 5.91 Å². The average molecular weight is 314 g/mol. The Hall–Kier alpha value is -2.94. The minimum Gasteiger partial charge on any atom is -0.349 e. The third kappa shape index (κ3) is 2.93. The van der Waals surface area contributed by atoms with Gasteiger partial charge in [-0.25, -0.2) is 0 Å². The molecule has 24 heavy (non-hydrogen) atoms. The summed E-state index contributed by atoms with van der Waals surface area (Å²) in [6, 6.07) is 22.0. The van der Waals surface area contributed by atoms with E-state index >= 15 is 0 Å². The summed E-state index contributed by atoms with van der Waals surface area (Å²) in [6.45, 7) is 0. The number of carbonyl (C=O) groups excluding carboxylic acids is 1. The van der Waals surface area contributed by atoms with E-state index in [1.807, 2.05) is 42.5 Å². The van der Waals surface area contributed by atoms with Crippen LogP contribution in [0.2, 0.25) is 0 Å². The van der Waals surface area contributed by atoms with Gasteiger partial charge >= 0.3 is 0 Å². The highest BCUT2D eigenvalue weighted by molar-refractivity contribution is 5.94. The van der Waals surface area contributed by atoms with Gasteiger partial charge in [-0.15, -0.1) is 0 Å². The first-order valence-electron chi connectivity index (χ1n) is 8.19. The number of nitrogens with one attached hydrogen (secondary N) is 1. The van der Waals surface area contributed by atoms with Crippen LogP contribution in [-0.4, -0.2) is 16.9 Å². The molecule has 3 nitrogen and oxygen atoms in total. The van der Waals surface area contributed by atoms with Crippen LogP contribution < -0.4 is 5.32 Å². The lowest BCUT2D eigenvalue weighted by atomic mass is 10.1. The van der Waals surface area contributed by atoms with Gasteiger partial charge in [0.1, 0.15) is 0 Å². The van der Waals surface area contributed by atoms with Crippen LogP contribution in [0.15, 0.2) is 72.9 Å². The number of pyridine rings is 1. The number of hydrogen-bond donors (Lipinski definition) is 1. The van der Waals surface area contributed by atoms with Crippen molar-refractivity contribution in [3.05, 3.63) is 89.6 Å². The molecule has 0 saturated carbocycles. The van der Waals surface area contributed by atoms with Crippen LogP contribution in [0, 0.1) is 0 Å². The van der Waals surface area contributed by atoms with E-state index in [-0.39, 0.29) is 11.9 Å². The zero-order valence-electron chi connectivity index (χ0n) is 13.3. The molecule has 1 heterocycles. The Morgan fingerprint density at radius 2 is 1.54 bits per heavy atom. The normalized spacial score (nSPS) is 13.5. The van der Waals surface area contributed by atoms with Gasteiger partial charge in [-0.1, -0.05) is 42.5 Å². The Morgan fingerprint density at radius 3 is 2.17 bits per heavy atom. The summed E-state index contributed by atoms with van der Waals surface area (Å²) in [5.41, 5.74) is 5.29. The van der Waals surface area contributed by atoms with E-state index in [4.69, 9.17) is 0 Å². The molecule has 3 heteroatoms. The summed E-state index contributed by atoms with van der Waals surface area (Å²) < 4.78 is 0. The largest absolute Gasteiger partial charge is 0.349 e. The highest BCUT2D eigenvalue weighted by atomic mass is 16.1. The molecule has 1 N–H and O–H groups in total. The third-order valence-electron chi connectivity index (χ3n) is 4.49. The topological polar surface area (TPSA) is 42.0 Å². The molecular formula is C21H18N2O. The summed E-state index contributed by atoms with van der Waals surface area (Å²) >= 11 is 0. The lowest BCUT2D eigenvalue weighted by Gasteiger charge is -2.12. The van der Waals surface area contributed by atoms with Crippen molar-refractivity contribution in [2.45, 2.75) is 18.9 Å². The van der Waals surface area contributed by atoms with E-state index in [9.17, 15) is 4.79 Å². The molecule has 0 saturated heterocycles. The minimum atomic E-state index is -0.0135. The second-order valence-electron chi connectivity index (χ2n) is 6.14. The van der Waals surface area contributed by atoms with Crippen LogP contribution in [0.4, 0.5) is 0 Å². The Kier molecular flexibility index (Phi) is 3.83. The van der Waals surface area contributed by atoms with Crippen LogP contribution in [0.3, 0.4) is 0 Å². The minimum absolute atomic E-state index is 0.0135. The molecule has 0 radical (unpaired) electrons. The van der Waals surface area contributed by atoms with Gasteiger partial charge in [0, 0.05) is 23.4 Å². The molecule has 1 aliphatic rings. The molecule has 3 aromatic rings. The quantitative estimate of drug-likeness (QED) is 0.802. The van der Waals surface area contributed by atoms with Crippen molar-refractivity contribution in [2.24, 2.45) is 0 Å². The van der Waals surface area contributed by atoms with Crippen molar-refractivity contribution in [3.8, 4) is 11.3 Å². The predicted octanol–water partition coefficient (Wildman–Crippen LogP) is 3.65. The highest BCUT2D eigenvalue weighted by Gasteiger charge is 2.22. The van der Waals surface area contributed by atoms with Crippen molar-refractivity contribution in [1.29, 1.82) is 0 Å². The van der Waals surface area contributed by atoms with Crippen molar-refractivity contribution >= 4 is 5.91 Å². The second kappa shape index (κ2) is 6.28. The van der Waals surface area contributed by atoms with Gasteiger partial charge in [-0.05, 0) is 48.2 Å². The first-order valence-corrected chi connectivity index (χ1v) is 8.19. The van der Waals surface area contributed by atoms with E-state index < -0.39 is 0 Å². The number of amides is 1. The van der Waals surface area contributed by atoms with Crippen LogP contribution in [0.5, 0.6) is 0 Å². The zero-order chi connectivity index (χ0) is 16.4. The number of fused-ring (bicyclic) bond motifs is 1. The first kappa shape index (κ1) is 14.6. The lowest BCUT2D eigenvalue weighted by Crippen LogP contribution is -2.35. The maximum atomic E-state index is 12.5. The summed E-state index contributed by atoms with van der Waals surface area (Å²) in [5, 5.41) is 3.15. The molecule has 118 valence electrons. The molecule has 1 aromatic heterocycles. The Morgan fingerprint density at radius 1 is 0.875 bits per heavy atom. The Labute approximate surface area is 141 Å². The Bertz CT molecular complexity index is 832. The third-order valence-corrected chi connectivity index (χ3v) is 4.49. The molecular weight excluding hydrogens is 296 g/mol.